The third kappa shape index (κ3) is 4.23. The zero-order chi connectivity index (χ0) is 17.6. The number of nitrogens with zero attached hydrogens (tertiary/aromatic N) is 4. The van der Waals surface area contributed by atoms with Crippen LogP contribution in [0.3, 0.4) is 0 Å². The molecule has 134 valence electrons. The van der Waals surface area contributed by atoms with E-state index < -0.39 is 0 Å². The van der Waals surface area contributed by atoms with Crippen LogP contribution in [0.1, 0.15) is 35.3 Å². The summed E-state index contributed by atoms with van der Waals surface area (Å²) in [5.41, 5.74) is 2.20. The van der Waals surface area contributed by atoms with Gasteiger partial charge in [0.05, 0.1) is 12.3 Å². The Labute approximate surface area is 151 Å². The summed E-state index contributed by atoms with van der Waals surface area (Å²) in [7, 11) is 0. The molecule has 0 aliphatic carbocycles. The minimum absolute atomic E-state index is 0.370. The molecule has 0 bridgehead atoms. The van der Waals surface area contributed by atoms with Crippen LogP contribution in [0, 0.1) is 0 Å². The fourth-order valence-corrected chi connectivity index (χ4v) is 3.00. The van der Waals surface area contributed by atoms with Crippen molar-refractivity contribution in [2.45, 2.75) is 25.2 Å². The minimum atomic E-state index is 0.370. The molecule has 0 radical (unpaired) electrons. The number of benzene rings is 1. The van der Waals surface area contributed by atoms with Crippen LogP contribution in [0.5, 0.6) is 0 Å². The number of hydrogen-bond donors (Lipinski definition) is 1. The Kier molecular flexibility index (Phi) is 5.16. The van der Waals surface area contributed by atoms with E-state index in [0.29, 0.717) is 37.0 Å². The number of hydrogen-bond acceptors (Lipinski definition) is 7. The molecular formula is C19H21N5O2. The minimum Gasteiger partial charge on any atom is -0.381 e. The van der Waals surface area contributed by atoms with Gasteiger partial charge in [-0.3, -0.25) is 0 Å². The molecule has 0 saturated carbocycles. The van der Waals surface area contributed by atoms with E-state index >= 15 is 0 Å². The van der Waals surface area contributed by atoms with Gasteiger partial charge < -0.3 is 14.6 Å². The van der Waals surface area contributed by atoms with Crippen molar-refractivity contribution in [3.63, 3.8) is 0 Å². The lowest BCUT2D eigenvalue weighted by atomic mass is 10.1. The molecule has 1 aromatic carbocycles. The highest BCUT2D eigenvalue weighted by molar-refractivity contribution is 5.36. The van der Waals surface area contributed by atoms with Gasteiger partial charge in [-0.2, -0.15) is 4.98 Å². The largest absolute Gasteiger partial charge is 0.381 e. The second-order valence-electron chi connectivity index (χ2n) is 6.33. The van der Waals surface area contributed by atoms with Crippen molar-refractivity contribution in [3.05, 3.63) is 65.7 Å². The van der Waals surface area contributed by atoms with Crippen molar-refractivity contribution >= 4 is 5.82 Å². The van der Waals surface area contributed by atoms with Crippen molar-refractivity contribution < 1.29 is 9.26 Å². The zero-order valence-corrected chi connectivity index (χ0v) is 14.5. The van der Waals surface area contributed by atoms with E-state index in [1.54, 1.807) is 6.33 Å². The van der Waals surface area contributed by atoms with Crippen LogP contribution < -0.4 is 5.32 Å². The maximum absolute atomic E-state index is 5.43. The Morgan fingerprint density at radius 1 is 1.15 bits per heavy atom. The van der Waals surface area contributed by atoms with Crippen molar-refractivity contribution in [2.75, 3.05) is 25.1 Å². The fraction of sp³-hybridized carbons (Fsp3) is 0.368. The second kappa shape index (κ2) is 8.05. The van der Waals surface area contributed by atoms with Gasteiger partial charge in [-0.1, -0.05) is 35.5 Å². The number of anilines is 1. The molecule has 2 aromatic heterocycles. The first-order valence-electron chi connectivity index (χ1n) is 8.86. The van der Waals surface area contributed by atoms with Crippen LogP contribution in [0.4, 0.5) is 5.82 Å². The van der Waals surface area contributed by atoms with Crippen molar-refractivity contribution in [1.29, 1.82) is 0 Å². The Hall–Kier alpha value is -2.80. The van der Waals surface area contributed by atoms with Crippen molar-refractivity contribution in [2.24, 2.45) is 0 Å². The van der Waals surface area contributed by atoms with E-state index in [-0.39, 0.29) is 0 Å². The third-order valence-corrected chi connectivity index (χ3v) is 4.40. The molecule has 1 atom stereocenters. The molecule has 3 aromatic rings. The van der Waals surface area contributed by atoms with Gasteiger partial charge in [0.25, 0.3) is 0 Å². The number of rotatable bonds is 7. The smallest absolute Gasteiger partial charge is 0.228 e. The monoisotopic (exact) mass is 351 g/mol. The first kappa shape index (κ1) is 16.7. The van der Waals surface area contributed by atoms with Gasteiger partial charge in [0, 0.05) is 38.0 Å². The highest BCUT2D eigenvalue weighted by Crippen LogP contribution is 2.24. The summed E-state index contributed by atoms with van der Waals surface area (Å²) in [6.45, 7) is 2.22. The summed E-state index contributed by atoms with van der Waals surface area (Å²) < 4.78 is 10.8. The predicted octanol–water partition coefficient (Wildman–Crippen LogP) is 2.61. The maximum Gasteiger partial charge on any atom is 0.228 e. The molecule has 26 heavy (non-hydrogen) atoms. The second-order valence-corrected chi connectivity index (χ2v) is 6.33. The van der Waals surface area contributed by atoms with E-state index in [1.807, 2.05) is 24.3 Å². The number of nitrogens with one attached hydrogen (secondary N) is 1. The molecular weight excluding hydrogens is 330 g/mol. The Morgan fingerprint density at radius 3 is 2.92 bits per heavy atom. The molecule has 0 amide bonds. The van der Waals surface area contributed by atoms with Gasteiger partial charge in [0.1, 0.15) is 12.1 Å². The quantitative estimate of drug-likeness (QED) is 0.700. The Morgan fingerprint density at radius 2 is 2.08 bits per heavy atom. The maximum atomic E-state index is 5.43. The molecule has 1 aliphatic rings. The predicted molar refractivity (Wildman–Crippen MR) is 95.9 cm³/mol. The topological polar surface area (TPSA) is 86.0 Å². The molecule has 3 heterocycles. The van der Waals surface area contributed by atoms with E-state index in [4.69, 9.17) is 9.26 Å². The molecule has 0 unspecified atom stereocenters. The summed E-state index contributed by atoms with van der Waals surface area (Å²) in [6.07, 6.45) is 3.94. The van der Waals surface area contributed by atoms with Gasteiger partial charge in [-0.15, -0.1) is 0 Å². The highest BCUT2D eigenvalue weighted by Gasteiger charge is 2.19. The molecule has 1 N–H and O–H groups in total. The average Bonchev–Trinajstić information content (AvgIpc) is 3.35. The zero-order valence-electron chi connectivity index (χ0n) is 14.5. The third-order valence-electron chi connectivity index (χ3n) is 4.40. The van der Waals surface area contributed by atoms with Crippen LogP contribution in [-0.2, 0) is 17.6 Å². The fourth-order valence-electron chi connectivity index (χ4n) is 3.00. The molecule has 1 fully saturated rings. The standard InChI is InChI=1S/C19H21N5O2/c1-2-4-14(5-3-1)10-18-23-19(26-24-18)6-8-20-17-11-16(21-13-22-17)15-7-9-25-12-15/h1-5,11,13,15H,6-10,12H2,(H,20,21,22)/t15-/m0/s1. The summed E-state index contributed by atoms with van der Waals surface area (Å²) in [6, 6.07) is 12.1. The van der Waals surface area contributed by atoms with Gasteiger partial charge in [-0.25, -0.2) is 9.97 Å². The molecule has 1 saturated heterocycles. The Bertz CT molecular complexity index is 831. The van der Waals surface area contributed by atoms with Crippen molar-refractivity contribution in [1.82, 2.24) is 20.1 Å². The van der Waals surface area contributed by atoms with Crippen LogP contribution >= 0.6 is 0 Å². The molecule has 0 spiro atoms. The molecule has 4 rings (SSSR count). The lowest BCUT2D eigenvalue weighted by molar-refractivity contribution is 0.193. The van der Waals surface area contributed by atoms with E-state index in [2.05, 4.69) is 37.6 Å². The molecule has 7 heteroatoms. The summed E-state index contributed by atoms with van der Waals surface area (Å²) in [5.74, 6) is 2.51. The van der Waals surface area contributed by atoms with E-state index in [1.165, 1.54) is 5.56 Å². The van der Waals surface area contributed by atoms with Crippen LogP contribution in [-0.4, -0.2) is 39.9 Å². The van der Waals surface area contributed by atoms with Crippen molar-refractivity contribution in [3.8, 4) is 0 Å². The highest BCUT2D eigenvalue weighted by atomic mass is 16.5. The molecule has 7 nitrogen and oxygen atoms in total. The SMILES string of the molecule is c1ccc(Cc2noc(CCNc3cc([C@H]4CCOC4)ncn3)n2)cc1. The summed E-state index contributed by atoms with van der Waals surface area (Å²) in [5, 5.41) is 7.35. The summed E-state index contributed by atoms with van der Waals surface area (Å²) in [4.78, 5) is 13.1. The first-order chi connectivity index (χ1) is 12.9. The van der Waals surface area contributed by atoms with Gasteiger partial charge in [0.15, 0.2) is 5.82 Å². The Balaban J connectivity index is 1.29. The van der Waals surface area contributed by atoms with E-state index in [9.17, 15) is 0 Å². The number of ether oxygens (including phenoxy) is 1. The van der Waals surface area contributed by atoms with E-state index in [0.717, 1.165) is 31.1 Å². The summed E-state index contributed by atoms with van der Waals surface area (Å²) >= 11 is 0. The van der Waals surface area contributed by atoms with Gasteiger partial charge in [-0.05, 0) is 12.0 Å². The van der Waals surface area contributed by atoms with Crippen LogP contribution in [0.2, 0.25) is 0 Å². The van der Waals surface area contributed by atoms with Gasteiger partial charge >= 0.3 is 0 Å². The first-order valence-corrected chi connectivity index (χ1v) is 8.86. The van der Waals surface area contributed by atoms with Gasteiger partial charge in [0.2, 0.25) is 5.89 Å². The van der Waals surface area contributed by atoms with Crippen LogP contribution in [0.15, 0.2) is 47.2 Å². The van der Waals surface area contributed by atoms with Crippen LogP contribution in [0.25, 0.3) is 0 Å². The normalized spacial score (nSPS) is 16.7. The lowest BCUT2D eigenvalue weighted by Crippen LogP contribution is -2.09. The average molecular weight is 351 g/mol. The number of aromatic nitrogens is 4. The lowest BCUT2D eigenvalue weighted by Gasteiger charge is -2.09. The molecule has 1 aliphatic heterocycles.